The van der Waals surface area contributed by atoms with Crippen LogP contribution in [0.4, 0.5) is 0 Å². The van der Waals surface area contributed by atoms with E-state index in [0.717, 1.165) is 38.0 Å². The van der Waals surface area contributed by atoms with E-state index in [2.05, 4.69) is 55.1 Å². The number of likely N-dealkylation sites (N-methyl/N-ethyl adjacent to an activating group) is 2. The quantitative estimate of drug-likeness (QED) is 0.914. The Morgan fingerprint density at radius 3 is 2.85 bits per heavy atom. The summed E-state index contributed by atoms with van der Waals surface area (Å²) in [5.74, 6) is 0. The van der Waals surface area contributed by atoms with E-state index in [1.807, 2.05) is 0 Å². The molecule has 112 valence electrons. The van der Waals surface area contributed by atoms with E-state index < -0.39 is 6.10 Å². The van der Waals surface area contributed by atoms with E-state index in [9.17, 15) is 5.11 Å². The minimum Gasteiger partial charge on any atom is -0.387 e. The number of rotatable bonds is 4. The van der Waals surface area contributed by atoms with Gasteiger partial charge in [0.25, 0.3) is 0 Å². The Morgan fingerprint density at radius 2 is 2.10 bits per heavy atom. The summed E-state index contributed by atoms with van der Waals surface area (Å²) < 4.78 is 0. The Bertz CT molecular complexity index is 421. The maximum atomic E-state index is 10.8. The average molecular weight is 276 g/mol. The number of hydrogen-bond acceptors (Lipinski definition) is 3. The van der Waals surface area contributed by atoms with E-state index in [1.54, 1.807) is 0 Å². The Kier molecular flexibility index (Phi) is 5.58. The fourth-order valence-electron chi connectivity index (χ4n) is 3.09. The van der Waals surface area contributed by atoms with Gasteiger partial charge in [0.1, 0.15) is 0 Å². The lowest BCUT2D eigenvalue weighted by molar-refractivity contribution is 0.0572. The minimum atomic E-state index is -0.405. The summed E-state index contributed by atoms with van der Waals surface area (Å²) >= 11 is 0. The number of benzene rings is 1. The molecule has 0 spiro atoms. The van der Waals surface area contributed by atoms with E-state index >= 15 is 0 Å². The van der Waals surface area contributed by atoms with Crippen LogP contribution in [0.2, 0.25) is 0 Å². The molecule has 0 amide bonds. The van der Waals surface area contributed by atoms with Crippen molar-refractivity contribution in [3.63, 3.8) is 0 Å². The van der Waals surface area contributed by atoms with Crippen molar-refractivity contribution in [3.05, 3.63) is 35.4 Å². The molecule has 3 heteroatoms. The third-order valence-electron chi connectivity index (χ3n) is 4.31. The van der Waals surface area contributed by atoms with E-state index in [1.165, 1.54) is 12.0 Å². The van der Waals surface area contributed by atoms with Gasteiger partial charge in [-0.1, -0.05) is 37.6 Å². The van der Waals surface area contributed by atoms with Crippen LogP contribution >= 0.6 is 0 Å². The van der Waals surface area contributed by atoms with Gasteiger partial charge in [0.15, 0.2) is 0 Å². The van der Waals surface area contributed by atoms with Gasteiger partial charge in [0, 0.05) is 6.54 Å². The second-order valence-corrected chi connectivity index (χ2v) is 6.10. The first-order valence-corrected chi connectivity index (χ1v) is 7.77. The molecular formula is C17H28N2O. The minimum absolute atomic E-state index is 0.180. The average Bonchev–Trinajstić information content (AvgIpc) is 2.60. The molecule has 20 heavy (non-hydrogen) atoms. The zero-order valence-corrected chi connectivity index (χ0v) is 13.0. The van der Waals surface area contributed by atoms with Crippen LogP contribution in [0.15, 0.2) is 24.3 Å². The fraction of sp³-hybridized carbons (Fsp3) is 0.647. The Hall–Kier alpha value is -0.900. The molecule has 1 aliphatic heterocycles. The van der Waals surface area contributed by atoms with Crippen LogP contribution < -0.4 is 0 Å². The zero-order valence-electron chi connectivity index (χ0n) is 13.0. The molecule has 0 aromatic heterocycles. The molecule has 3 nitrogen and oxygen atoms in total. The first-order valence-electron chi connectivity index (χ1n) is 7.77. The van der Waals surface area contributed by atoms with Crippen molar-refractivity contribution in [1.82, 2.24) is 9.80 Å². The molecule has 0 bridgehead atoms. The molecule has 1 fully saturated rings. The highest BCUT2D eigenvalue weighted by molar-refractivity contribution is 5.26. The van der Waals surface area contributed by atoms with E-state index in [-0.39, 0.29) is 6.04 Å². The molecule has 2 rings (SSSR count). The topological polar surface area (TPSA) is 26.7 Å². The summed E-state index contributed by atoms with van der Waals surface area (Å²) in [7, 11) is 4.27. The third kappa shape index (κ3) is 3.81. The smallest absolute Gasteiger partial charge is 0.0957 e. The Balaban J connectivity index is 2.15. The van der Waals surface area contributed by atoms with Crippen molar-refractivity contribution in [2.45, 2.75) is 38.3 Å². The number of aliphatic hydroxyl groups excluding tert-OH is 1. The van der Waals surface area contributed by atoms with E-state index in [0.29, 0.717) is 0 Å². The predicted octanol–water partition coefficient (Wildman–Crippen LogP) is 2.31. The molecule has 1 N–H and O–H groups in total. The lowest BCUT2D eigenvalue weighted by Crippen LogP contribution is -2.42. The summed E-state index contributed by atoms with van der Waals surface area (Å²) in [5, 5.41) is 10.8. The summed E-state index contributed by atoms with van der Waals surface area (Å²) in [6.45, 7) is 5.29. The van der Waals surface area contributed by atoms with Crippen molar-refractivity contribution < 1.29 is 5.11 Å². The van der Waals surface area contributed by atoms with Crippen LogP contribution in [0, 0.1) is 0 Å². The standard InChI is InChI=1S/C17H28N2O/c1-4-7-14-8-5-9-15(12-14)17(20)16-13-18(2)10-6-11-19(16)3/h5,8-9,12,16-17,20H,4,6-7,10-11,13H2,1-3H3. The zero-order chi connectivity index (χ0) is 14.5. The van der Waals surface area contributed by atoms with Crippen molar-refractivity contribution >= 4 is 0 Å². The Morgan fingerprint density at radius 1 is 1.30 bits per heavy atom. The highest BCUT2D eigenvalue weighted by atomic mass is 16.3. The van der Waals surface area contributed by atoms with Gasteiger partial charge in [-0.3, -0.25) is 4.90 Å². The van der Waals surface area contributed by atoms with Gasteiger partial charge in [-0.05, 0) is 51.2 Å². The molecule has 1 heterocycles. The second kappa shape index (κ2) is 7.21. The van der Waals surface area contributed by atoms with Crippen molar-refractivity contribution in [2.24, 2.45) is 0 Å². The first kappa shape index (κ1) is 15.5. The summed E-state index contributed by atoms with van der Waals surface area (Å²) in [6.07, 6.45) is 3.00. The van der Waals surface area contributed by atoms with Crippen molar-refractivity contribution in [2.75, 3.05) is 33.7 Å². The molecule has 1 aliphatic rings. The molecule has 2 atom stereocenters. The lowest BCUT2D eigenvalue weighted by Gasteiger charge is -2.32. The van der Waals surface area contributed by atoms with Gasteiger partial charge >= 0.3 is 0 Å². The van der Waals surface area contributed by atoms with Gasteiger partial charge in [-0.2, -0.15) is 0 Å². The fourth-order valence-corrected chi connectivity index (χ4v) is 3.09. The van der Waals surface area contributed by atoms with Crippen LogP contribution in [-0.4, -0.2) is 54.7 Å². The Labute approximate surface area is 123 Å². The van der Waals surface area contributed by atoms with Gasteiger partial charge in [0.2, 0.25) is 0 Å². The van der Waals surface area contributed by atoms with Crippen molar-refractivity contribution in [1.29, 1.82) is 0 Å². The summed E-state index contributed by atoms with van der Waals surface area (Å²) in [6, 6.07) is 8.64. The molecule has 2 unspecified atom stereocenters. The summed E-state index contributed by atoms with van der Waals surface area (Å²) in [4.78, 5) is 4.63. The van der Waals surface area contributed by atoms with Gasteiger partial charge in [-0.25, -0.2) is 0 Å². The molecular weight excluding hydrogens is 248 g/mol. The van der Waals surface area contributed by atoms with Crippen LogP contribution in [0.1, 0.15) is 37.0 Å². The predicted molar refractivity (Wildman–Crippen MR) is 83.9 cm³/mol. The van der Waals surface area contributed by atoms with Crippen molar-refractivity contribution in [3.8, 4) is 0 Å². The van der Waals surface area contributed by atoms with Crippen LogP contribution in [0.5, 0.6) is 0 Å². The number of aryl methyl sites for hydroxylation is 1. The second-order valence-electron chi connectivity index (χ2n) is 6.10. The molecule has 0 saturated carbocycles. The number of nitrogens with zero attached hydrogens (tertiary/aromatic N) is 2. The molecule has 1 aromatic rings. The molecule has 0 aliphatic carbocycles. The maximum absolute atomic E-state index is 10.8. The lowest BCUT2D eigenvalue weighted by atomic mass is 9.98. The largest absolute Gasteiger partial charge is 0.387 e. The van der Waals surface area contributed by atoms with Gasteiger partial charge in [0.05, 0.1) is 12.1 Å². The van der Waals surface area contributed by atoms with Crippen LogP contribution in [0.25, 0.3) is 0 Å². The number of hydrogen-bond donors (Lipinski definition) is 1. The normalized spacial score (nSPS) is 23.5. The molecule has 1 saturated heterocycles. The number of aliphatic hydroxyl groups is 1. The highest BCUT2D eigenvalue weighted by Crippen LogP contribution is 2.24. The highest BCUT2D eigenvalue weighted by Gasteiger charge is 2.28. The third-order valence-corrected chi connectivity index (χ3v) is 4.31. The SMILES string of the molecule is CCCc1cccc(C(O)C2CN(C)CCCN2C)c1. The van der Waals surface area contributed by atoms with Gasteiger partial charge < -0.3 is 10.0 Å². The van der Waals surface area contributed by atoms with Crippen LogP contribution in [0.3, 0.4) is 0 Å². The van der Waals surface area contributed by atoms with Gasteiger partial charge in [-0.15, -0.1) is 0 Å². The maximum Gasteiger partial charge on any atom is 0.0957 e. The van der Waals surface area contributed by atoms with Crippen LogP contribution in [-0.2, 0) is 6.42 Å². The monoisotopic (exact) mass is 276 g/mol. The molecule has 0 radical (unpaired) electrons. The van der Waals surface area contributed by atoms with E-state index in [4.69, 9.17) is 0 Å². The summed E-state index contributed by atoms with van der Waals surface area (Å²) in [5.41, 5.74) is 2.39. The first-order chi connectivity index (χ1) is 9.61. The molecule has 1 aromatic carbocycles.